The van der Waals surface area contributed by atoms with Gasteiger partial charge in [-0.3, -0.25) is 0 Å². The van der Waals surface area contributed by atoms with Gasteiger partial charge in [0, 0.05) is 101 Å². The molecule has 0 spiro atoms. The predicted molar refractivity (Wildman–Crippen MR) is 580 cm³/mol. The highest BCUT2D eigenvalue weighted by atomic mass is 15.2. The van der Waals surface area contributed by atoms with Gasteiger partial charge in [-0.2, -0.15) is 0 Å². The van der Waals surface area contributed by atoms with Crippen LogP contribution in [0.2, 0.25) is 0 Å². The highest BCUT2D eigenvalue weighted by Gasteiger charge is 2.25. The summed E-state index contributed by atoms with van der Waals surface area (Å²) < 4.78 is 7.31. The molecule has 0 saturated carbocycles. The van der Waals surface area contributed by atoms with E-state index in [1.54, 1.807) is 0 Å². The van der Waals surface area contributed by atoms with E-state index in [1.807, 2.05) is 0 Å². The van der Waals surface area contributed by atoms with E-state index in [0.717, 1.165) is 68.2 Å². The number of hydrogen-bond donors (Lipinski definition) is 0. The van der Waals surface area contributed by atoms with Crippen LogP contribution in [0.15, 0.2) is 534 Å². The fourth-order valence-electron chi connectivity index (χ4n) is 21.0. The van der Waals surface area contributed by atoms with Gasteiger partial charge >= 0.3 is 0 Å². The van der Waals surface area contributed by atoms with Crippen LogP contribution in [-0.2, 0) is 0 Å². The van der Waals surface area contributed by atoms with Crippen molar-refractivity contribution in [1.29, 1.82) is 0 Å². The van der Waals surface area contributed by atoms with E-state index in [0.29, 0.717) is 0 Å². The fraction of sp³-hybridized carbons (Fsp3) is 0. The molecule has 0 amide bonds. The lowest BCUT2D eigenvalue weighted by atomic mass is 10.00. The third kappa shape index (κ3) is 14.2. The minimum atomic E-state index is 1.10. The molecule has 0 aliphatic carbocycles. The number of anilines is 9. The number of aromatic nitrogens is 3. The minimum absolute atomic E-state index is 1.10. The lowest BCUT2D eigenvalue weighted by Gasteiger charge is -2.26. The molecule has 0 unspecified atom stereocenters. The Bertz CT molecular complexity index is 8930. The first kappa shape index (κ1) is 80.0. The molecule has 6 heteroatoms. The topological polar surface area (TPSA) is 24.5 Å². The maximum Gasteiger partial charge on any atom is 0.0547 e. The second-order valence-corrected chi connectivity index (χ2v) is 35.0. The minimum Gasteiger partial charge on any atom is -0.311 e. The summed E-state index contributed by atoms with van der Waals surface area (Å²) in [6.45, 7) is 0. The molecule has 27 aromatic rings. The standard InChI is InChI=1S/2C44H30N2.C42H28N2/c1-3-12-31(13-4-1)32-22-26-36(27-23-32)45(35-16-5-2-6-17-35)37-18-11-19-38(30-37)46-41-28-24-33-14-7-9-20-39(33)43(41)44-40-21-10-8-15-34(40)25-29-42(44)46;1-3-11-31(12-4-1)32-19-23-36(24-20-32)45(35-15-5-2-6-16-35)37-25-27-38(28-26-37)46-41-29-21-33-13-7-9-17-39(33)43(41)44-40-18-10-8-14-34(40)22-30-42(44)46;1-2-15-33(16-3-1)43(36-24-21-29-11-4-5-14-32(29)27-36)34-17-10-18-35(28-34)44-39-25-22-30-12-6-8-19-37(30)41(39)42-38-20-9-7-13-31(38)23-26-40(42)44/h2*1-30H;1-28H. The number of fused-ring (bicyclic) bond motifs is 22. The summed E-state index contributed by atoms with van der Waals surface area (Å²) in [5.41, 5.74) is 25.6. The van der Waals surface area contributed by atoms with Gasteiger partial charge in [0.15, 0.2) is 0 Å². The average Bonchev–Trinajstić information content (AvgIpc) is 1.57. The molecule has 0 aliphatic rings. The van der Waals surface area contributed by atoms with Gasteiger partial charge in [-0.05, 0) is 268 Å². The van der Waals surface area contributed by atoms with Crippen LogP contribution in [0.4, 0.5) is 51.2 Å². The molecule has 638 valence electrons. The maximum absolute atomic E-state index is 2.44. The van der Waals surface area contributed by atoms with E-state index in [1.165, 1.54) is 163 Å². The van der Waals surface area contributed by atoms with Crippen molar-refractivity contribution in [1.82, 2.24) is 13.7 Å². The molecular weight excluding hydrogens is 1650 g/mol. The molecule has 0 aliphatic heterocycles. The first-order chi connectivity index (χ1) is 67.5. The second kappa shape index (κ2) is 34.3. The first-order valence-electron chi connectivity index (χ1n) is 46.7. The smallest absolute Gasteiger partial charge is 0.0547 e. The third-order valence-corrected chi connectivity index (χ3v) is 27.2. The van der Waals surface area contributed by atoms with Gasteiger partial charge in [0.2, 0.25) is 0 Å². The van der Waals surface area contributed by atoms with Crippen molar-refractivity contribution in [2.24, 2.45) is 0 Å². The maximum atomic E-state index is 2.44. The van der Waals surface area contributed by atoms with Gasteiger partial charge < -0.3 is 28.4 Å². The molecule has 0 fully saturated rings. The summed E-state index contributed by atoms with van der Waals surface area (Å²) in [5.74, 6) is 0. The van der Waals surface area contributed by atoms with Crippen LogP contribution >= 0.6 is 0 Å². The number of hydrogen-bond acceptors (Lipinski definition) is 3. The number of nitrogens with zero attached hydrogens (tertiary/aromatic N) is 6. The van der Waals surface area contributed by atoms with Crippen LogP contribution < -0.4 is 14.7 Å². The fourth-order valence-corrected chi connectivity index (χ4v) is 21.0. The Morgan fingerprint density at radius 1 is 0.118 bits per heavy atom. The number of para-hydroxylation sites is 3. The molecule has 3 heterocycles. The quantitative estimate of drug-likeness (QED) is 0.108. The summed E-state index contributed by atoms with van der Waals surface area (Å²) >= 11 is 0. The normalized spacial score (nSPS) is 11.5. The lowest BCUT2D eigenvalue weighted by Crippen LogP contribution is -2.10. The molecule has 136 heavy (non-hydrogen) atoms. The second-order valence-electron chi connectivity index (χ2n) is 35.0. The molecule has 0 N–H and O–H groups in total. The Morgan fingerprint density at radius 3 is 0.640 bits per heavy atom. The molecular formula is C130H88N6. The molecule has 3 aromatic heterocycles. The Labute approximate surface area is 788 Å². The lowest BCUT2D eigenvalue weighted by molar-refractivity contribution is 1.17. The zero-order valence-electron chi connectivity index (χ0n) is 74.5. The van der Waals surface area contributed by atoms with Gasteiger partial charge in [0.05, 0.1) is 33.1 Å². The molecule has 0 bridgehead atoms. The zero-order valence-corrected chi connectivity index (χ0v) is 74.5. The molecule has 0 atom stereocenters. The molecule has 6 nitrogen and oxygen atoms in total. The van der Waals surface area contributed by atoms with Crippen molar-refractivity contribution >= 4 is 192 Å². The van der Waals surface area contributed by atoms with Crippen LogP contribution in [0, 0.1) is 0 Å². The van der Waals surface area contributed by atoms with E-state index in [9.17, 15) is 0 Å². The number of benzene rings is 24. The van der Waals surface area contributed by atoms with E-state index in [4.69, 9.17) is 0 Å². The average molecular weight is 1730 g/mol. The summed E-state index contributed by atoms with van der Waals surface area (Å²) in [4.78, 5) is 7.02. The van der Waals surface area contributed by atoms with Crippen LogP contribution in [0.3, 0.4) is 0 Å². The van der Waals surface area contributed by atoms with Crippen LogP contribution in [0.5, 0.6) is 0 Å². The summed E-state index contributed by atoms with van der Waals surface area (Å²) in [5, 5.41) is 25.5. The molecule has 24 aromatic carbocycles. The van der Waals surface area contributed by atoms with Crippen molar-refractivity contribution in [3.8, 4) is 39.3 Å². The first-order valence-corrected chi connectivity index (χ1v) is 46.7. The van der Waals surface area contributed by atoms with E-state index < -0.39 is 0 Å². The molecule has 0 saturated heterocycles. The van der Waals surface area contributed by atoms with Gasteiger partial charge in [-0.1, -0.05) is 364 Å². The molecule has 27 rings (SSSR count). The van der Waals surface area contributed by atoms with Gasteiger partial charge in [-0.25, -0.2) is 0 Å². The van der Waals surface area contributed by atoms with Crippen molar-refractivity contribution < 1.29 is 0 Å². The van der Waals surface area contributed by atoms with Crippen molar-refractivity contribution in [3.63, 3.8) is 0 Å². The van der Waals surface area contributed by atoms with Gasteiger partial charge in [-0.15, -0.1) is 0 Å². The van der Waals surface area contributed by atoms with Crippen molar-refractivity contribution in [2.75, 3.05) is 14.7 Å². The van der Waals surface area contributed by atoms with Crippen LogP contribution in [0.1, 0.15) is 0 Å². The van der Waals surface area contributed by atoms with E-state index in [-0.39, 0.29) is 0 Å². The zero-order chi connectivity index (χ0) is 89.9. The predicted octanol–water partition coefficient (Wildman–Crippen LogP) is 36.2. The highest BCUT2D eigenvalue weighted by molar-refractivity contribution is 6.31. The highest BCUT2D eigenvalue weighted by Crippen LogP contribution is 2.49. The summed E-state index contributed by atoms with van der Waals surface area (Å²) in [6, 6.07) is 193. The van der Waals surface area contributed by atoms with E-state index >= 15 is 0 Å². The largest absolute Gasteiger partial charge is 0.311 e. The van der Waals surface area contributed by atoms with Crippen molar-refractivity contribution in [2.45, 2.75) is 0 Å². The van der Waals surface area contributed by atoms with Crippen molar-refractivity contribution in [3.05, 3.63) is 534 Å². The van der Waals surface area contributed by atoms with E-state index in [2.05, 4.69) is 562 Å². The Kier molecular flexibility index (Phi) is 20.2. The summed E-state index contributed by atoms with van der Waals surface area (Å²) in [7, 11) is 0. The Balaban J connectivity index is 0.000000109. The van der Waals surface area contributed by atoms with Gasteiger partial charge in [0.25, 0.3) is 0 Å². The molecule has 0 radical (unpaired) electrons. The number of rotatable bonds is 14. The Hall–Kier alpha value is -18.1. The summed E-state index contributed by atoms with van der Waals surface area (Å²) in [6.07, 6.45) is 0. The Morgan fingerprint density at radius 2 is 0.324 bits per heavy atom. The van der Waals surface area contributed by atoms with Gasteiger partial charge in [0.1, 0.15) is 0 Å². The monoisotopic (exact) mass is 1730 g/mol. The third-order valence-electron chi connectivity index (χ3n) is 27.2. The SMILES string of the molecule is c1ccc(-c2ccc(N(c3ccccc3)c3ccc(-n4c5ccc6ccccc6c5c5c6ccccc6ccc54)cc3)cc2)cc1.c1ccc(-c2ccc(N(c3ccccc3)c3cccc(-n4c5ccc6ccccc6c5c5c6ccccc6ccc54)c3)cc2)cc1.c1ccc(N(c2cccc(-n3c4ccc5ccccc5c4c4c5ccccc5ccc43)c2)c2ccc3ccccc3c2)cc1. The van der Waals surface area contributed by atoms with Crippen LogP contribution in [-0.4, -0.2) is 13.7 Å². The van der Waals surface area contributed by atoms with Crippen LogP contribution in [0.25, 0.3) is 180 Å².